The Morgan fingerprint density at radius 2 is 1.80 bits per heavy atom. The monoisotopic (exact) mass is 307 g/mol. The Labute approximate surface area is 124 Å². The first-order valence-corrected chi connectivity index (χ1v) is 7.80. The first kappa shape index (κ1) is 14.6. The standard InChI is InChI=1S/C15H14ClNO2S/c1-3-12-10-13(16)6-9-15(12)17-20(18,19)14-7-4-11(2)5-8-14/h3-10,17H,1H2,2H3. The highest BCUT2D eigenvalue weighted by molar-refractivity contribution is 7.92. The lowest BCUT2D eigenvalue weighted by Crippen LogP contribution is -2.13. The maximum atomic E-state index is 12.3. The molecule has 3 nitrogen and oxygen atoms in total. The molecule has 0 amide bonds. The largest absolute Gasteiger partial charge is 0.279 e. The van der Waals surface area contributed by atoms with Crippen LogP contribution >= 0.6 is 11.6 Å². The summed E-state index contributed by atoms with van der Waals surface area (Å²) in [4.78, 5) is 0.216. The molecular formula is C15H14ClNO2S. The van der Waals surface area contributed by atoms with E-state index < -0.39 is 10.0 Å². The van der Waals surface area contributed by atoms with Crippen molar-refractivity contribution in [2.45, 2.75) is 11.8 Å². The van der Waals surface area contributed by atoms with E-state index in [-0.39, 0.29) is 4.90 Å². The lowest BCUT2D eigenvalue weighted by atomic mass is 10.2. The molecule has 0 fully saturated rings. The Morgan fingerprint density at radius 3 is 2.40 bits per heavy atom. The molecule has 0 bridgehead atoms. The summed E-state index contributed by atoms with van der Waals surface area (Å²) in [5.41, 5.74) is 2.08. The Hall–Kier alpha value is -1.78. The fourth-order valence-electron chi connectivity index (χ4n) is 1.72. The van der Waals surface area contributed by atoms with Gasteiger partial charge in [-0.15, -0.1) is 0 Å². The van der Waals surface area contributed by atoms with Gasteiger partial charge in [0.2, 0.25) is 0 Å². The summed E-state index contributed by atoms with van der Waals surface area (Å²) in [5.74, 6) is 0. The van der Waals surface area contributed by atoms with Crippen molar-refractivity contribution in [3.63, 3.8) is 0 Å². The number of sulfonamides is 1. The van der Waals surface area contributed by atoms with Gasteiger partial charge in [-0.3, -0.25) is 4.72 Å². The fraction of sp³-hybridized carbons (Fsp3) is 0.0667. The second-order valence-electron chi connectivity index (χ2n) is 4.35. The summed E-state index contributed by atoms with van der Waals surface area (Å²) in [5, 5.41) is 0.526. The molecule has 2 aromatic carbocycles. The van der Waals surface area contributed by atoms with Crippen molar-refractivity contribution in [1.29, 1.82) is 0 Å². The molecule has 0 atom stereocenters. The van der Waals surface area contributed by atoms with Crippen molar-refractivity contribution in [3.05, 3.63) is 65.2 Å². The maximum absolute atomic E-state index is 12.3. The third-order valence-electron chi connectivity index (χ3n) is 2.81. The van der Waals surface area contributed by atoms with Gasteiger partial charge in [0.25, 0.3) is 10.0 Å². The van der Waals surface area contributed by atoms with Gasteiger partial charge in [0.15, 0.2) is 0 Å². The molecule has 0 spiro atoms. The molecule has 0 radical (unpaired) electrons. The Morgan fingerprint density at radius 1 is 1.15 bits per heavy atom. The summed E-state index contributed by atoms with van der Waals surface area (Å²) in [6.07, 6.45) is 1.55. The minimum Gasteiger partial charge on any atom is -0.279 e. The Kier molecular flexibility index (Phi) is 4.16. The number of halogens is 1. The van der Waals surface area contributed by atoms with Crippen LogP contribution in [-0.2, 0) is 10.0 Å². The zero-order chi connectivity index (χ0) is 14.8. The van der Waals surface area contributed by atoms with Gasteiger partial charge < -0.3 is 0 Å². The first-order valence-electron chi connectivity index (χ1n) is 5.94. The van der Waals surface area contributed by atoms with E-state index in [1.807, 2.05) is 6.92 Å². The third kappa shape index (κ3) is 3.21. The molecule has 20 heavy (non-hydrogen) atoms. The lowest BCUT2D eigenvalue weighted by molar-refractivity contribution is 0.601. The zero-order valence-electron chi connectivity index (χ0n) is 10.9. The van der Waals surface area contributed by atoms with Crippen molar-refractivity contribution in [2.75, 3.05) is 4.72 Å². The van der Waals surface area contributed by atoms with Gasteiger partial charge in [-0.2, -0.15) is 0 Å². The summed E-state index contributed by atoms with van der Waals surface area (Å²) in [6, 6.07) is 11.5. The van der Waals surface area contributed by atoms with E-state index in [2.05, 4.69) is 11.3 Å². The van der Waals surface area contributed by atoms with Crippen LogP contribution in [0.15, 0.2) is 53.9 Å². The predicted octanol–water partition coefficient (Wildman–Crippen LogP) is 4.09. The average Bonchev–Trinajstić information content (AvgIpc) is 2.41. The van der Waals surface area contributed by atoms with Gasteiger partial charge in [0, 0.05) is 5.02 Å². The van der Waals surface area contributed by atoms with E-state index >= 15 is 0 Å². The number of anilines is 1. The normalized spacial score (nSPS) is 11.1. The average molecular weight is 308 g/mol. The molecule has 5 heteroatoms. The van der Waals surface area contributed by atoms with Crippen LogP contribution in [0.4, 0.5) is 5.69 Å². The second-order valence-corrected chi connectivity index (χ2v) is 6.47. The number of hydrogen-bond acceptors (Lipinski definition) is 2. The van der Waals surface area contributed by atoms with E-state index in [1.54, 1.807) is 48.5 Å². The van der Waals surface area contributed by atoms with E-state index in [4.69, 9.17) is 11.6 Å². The molecule has 0 aliphatic carbocycles. The second kappa shape index (κ2) is 5.69. The summed E-state index contributed by atoms with van der Waals surface area (Å²) in [6.45, 7) is 5.56. The fourth-order valence-corrected chi connectivity index (χ4v) is 2.98. The Balaban J connectivity index is 2.38. The van der Waals surface area contributed by atoms with Crippen molar-refractivity contribution in [1.82, 2.24) is 0 Å². The molecule has 104 valence electrons. The number of nitrogens with one attached hydrogen (secondary N) is 1. The zero-order valence-corrected chi connectivity index (χ0v) is 12.5. The van der Waals surface area contributed by atoms with Crippen LogP contribution in [0.2, 0.25) is 5.02 Å². The first-order chi connectivity index (χ1) is 9.42. The van der Waals surface area contributed by atoms with Gasteiger partial charge in [-0.05, 0) is 42.8 Å². The number of aryl methyl sites for hydroxylation is 1. The van der Waals surface area contributed by atoms with Crippen LogP contribution in [0.1, 0.15) is 11.1 Å². The topological polar surface area (TPSA) is 46.2 Å². The minimum atomic E-state index is -3.62. The molecule has 1 N–H and O–H groups in total. The smallest absolute Gasteiger partial charge is 0.261 e. The third-order valence-corrected chi connectivity index (χ3v) is 4.43. The predicted molar refractivity (Wildman–Crippen MR) is 83.5 cm³/mol. The SMILES string of the molecule is C=Cc1cc(Cl)ccc1NS(=O)(=O)c1ccc(C)cc1. The summed E-state index contributed by atoms with van der Waals surface area (Å²) < 4.78 is 27.1. The van der Waals surface area contributed by atoms with Crippen molar-refractivity contribution in [2.24, 2.45) is 0 Å². The van der Waals surface area contributed by atoms with Crippen molar-refractivity contribution in [3.8, 4) is 0 Å². The maximum Gasteiger partial charge on any atom is 0.261 e. The summed E-state index contributed by atoms with van der Waals surface area (Å²) >= 11 is 5.88. The van der Waals surface area contributed by atoms with Gasteiger partial charge in [-0.1, -0.05) is 42.0 Å². The number of rotatable bonds is 4. The van der Waals surface area contributed by atoms with Crippen molar-refractivity contribution >= 4 is 33.4 Å². The molecular weight excluding hydrogens is 294 g/mol. The van der Waals surface area contributed by atoms with Crippen LogP contribution in [0, 0.1) is 6.92 Å². The number of benzene rings is 2. The molecule has 0 unspecified atom stereocenters. The molecule has 0 saturated heterocycles. The lowest BCUT2D eigenvalue weighted by Gasteiger charge is -2.11. The highest BCUT2D eigenvalue weighted by atomic mass is 35.5. The Bertz CT molecular complexity index is 737. The van der Waals surface area contributed by atoms with Gasteiger partial charge in [0.05, 0.1) is 10.6 Å². The van der Waals surface area contributed by atoms with E-state index in [9.17, 15) is 8.42 Å². The van der Waals surface area contributed by atoms with Gasteiger partial charge in [-0.25, -0.2) is 8.42 Å². The molecule has 0 saturated carbocycles. The van der Waals surface area contributed by atoms with Crippen LogP contribution in [-0.4, -0.2) is 8.42 Å². The minimum absolute atomic E-state index is 0.216. The van der Waals surface area contributed by atoms with Crippen LogP contribution in [0.25, 0.3) is 6.08 Å². The molecule has 0 aromatic heterocycles. The number of hydrogen-bond donors (Lipinski definition) is 1. The summed E-state index contributed by atoms with van der Waals surface area (Å²) in [7, 11) is -3.62. The van der Waals surface area contributed by atoms with E-state index in [0.717, 1.165) is 5.56 Å². The molecule has 0 aliphatic rings. The molecule has 0 heterocycles. The quantitative estimate of drug-likeness (QED) is 0.924. The van der Waals surface area contributed by atoms with E-state index in [0.29, 0.717) is 16.3 Å². The van der Waals surface area contributed by atoms with Crippen LogP contribution in [0.5, 0.6) is 0 Å². The van der Waals surface area contributed by atoms with Crippen LogP contribution < -0.4 is 4.72 Å². The van der Waals surface area contributed by atoms with Gasteiger partial charge >= 0.3 is 0 Å². The van der Waals surface area contributed by atoms with Crippen molar-refractivity contribution < 1.29 is 8.42 Å². The van der Waals surface area contributed by atoms with Gasteiger partial charge in [0.1, 0.15) is 0 Å². The molecule has 0 aliphatic heterocycles. The molecule has 2 aromatic rings. The molecule has 2 rings (SSSR count). The van der Waals surface area contributed by atoms with Crippen LogP contribution in [0.3, 0.4) is 0 Å². The highest BCUT2D eigenvalue weighted by Gasteiger charge is 2.15. The van der Waals surface area contributed by atoms with E-state index in [1.165, 1.54) is 0 Å². The highest BCUT2D eigenvalue weighted by Crippen LogP contribution is 2.24.